The lowest BCUT2D eigenvalue weighted by molar-refractivity contribution is -0.123. The predicted octanol–water partition coefficient (Wildman–Crippen LogP) is 2.27. The lowest BCUT2D eigenvalue weighted by Crippen LogP contribution is -2.15. The van der Waals surface area contributed by atoms with Gasteiger partial charge in [-0.05, 0) is 48.6 Å². The lowest BCUT2D eigenvalue weighted by Gasteiger charge is -2.12. The van der Waals surface area contributed by atoms with Crippen LogP contribution in [0.3, 0.4) is 0 Å². The minimum atomic E-state index is -1.22. The molecule has 1 aliphatic carbocycles. The first kappa shape index (κ1) is 19.0. The summed E-state index contributed by atoms with van der Waals surface area (Å²) < 4.78 is 0. The molecule has 0 spiro atoms. The Bertz CT molecular complexity index is 1330. The zero-order valence-corrected chi connectivity index (χ0v) is 16.5. The van der Waals surface area contributed by atoms with E-state index in [-0.39, 0.29) is 23.6 Å². The average molecular weight is 414 g/mol. The number of nitrogen functional groups attached to an aromatic ring is 1. The fourth-order valence-corrected chi connectivity index (χ4v) is 3.90. The summed E-state index contributed by atoms with van der Waals surface area (Å²) in [5, 5.41) is 25.8. The van der Waals surface area contributed by atoms with E-state index >= 15 is 0 Å². The van der Waals surface area contributed by atoms with Gasteiger partial charge in [0.15, 0.2) is 6.10 Å². The van der Waals surface area contributed by atoms with E-state index in [2.05, 4.69) is 26.7 Å². The molecule has 3 heterocycles. The maximum absolute atomic E-state index is 12.2. The highest BCUT2D eigenvalue weighted by atomic mass is 16.3. The third-order valence-electron chi connectivity index (χ3n) is 5.76. The molecular formula is C22H18N6O3. The third kappa shape index (κ3) is 3.14. The maximum atomic E-state index is 12.2. The Kier molecular flexibility index (Phi) is 4.13. The number of fused-ring (bicyclic) bond motifs is 2. The molecule has 9 heteroatoms. The van der Waals surface area contributed by atoms with E-state index in [9.17, 15) is 14.7 Å². The third-order valence-corrected chi connectivity index (χ3v) is 5.76. The number of rotatable bonds is 3. The summed E-state index contributed by atoms with van der Waals surface area (Å²) in [6, 6.07) is 9.16. The standard InChI is InChI=1S/C22H18N6O3/c1-9-2-16-14(19(29)22(31)27-16)6-12(9)17-4-10-5-18(25-8-15(10)20(24)26-17)28-21(30)13-3-11(13)7-23/h2,4-6,8,11,13,19,29H,3H2,1H3,(H2,24,26)(H,27,31)(H,25,28,30)/t11-,13+,19?/m0/s1. The molecular weight excluding hydrogens is 396 g/mol. The quantitative estimate of drug-likeness (QED) is 0.512. The number of aliphatic hydroxyl groups excluding tert-OH is 1. The van der Waals surface area contributed by atoms with Crippen molar-refractivity contribution < 1.29 is 14.7 Å². The van der Waals surface area contributed by atoms with Crippen LogP contribution < -0.4 is 16.4 Å². The van der Waals surface area contributed by atoms with E-state index < -0.39 is 12.0 Å². The molecule has 1 fully saturated rings. The van der Waals surface area contributed by atoms with Crippen molar-refractivity contribution in [1.82, 2.24) is 9.97 Å². The normalized spacial score (nSPS) is 21.3. The van der Waals surface area contributed by atoms with Gasteiger partial charge in [0.25, 0.3) is 5.91 Å². The second-order valence-corrected chi connectivity index (χ2v) is 7.90. The lowest BCUT2D eigenvalue weighted by atomic mass is 9.98. The van der Waals surface area contributed by atoms with Crippen LogP contribution in [0.5, 0.6) is 0 Å². The number of nitrogens with one attached hydrogen (secondary N) is 2. The van der Waals surface area contributed by atoms with Gasteiger partial charge in [-0.3, -0.25) is 9.59 Å². The SMILES string of the molecule is Cc1cc2c(cc1-c1cc3cc(NC(=O)[C@@H]4C[C@H]4C#N)ncc3c(N)n1)C(O)C(=O)N2. The van der Waals surface area contributed by atoms with Crippen molar-refractivity contribution in [3.63, 3.8) is 0 Å². The summed E-state index contributed by atoms with van der Waals surface area (Å²) in [5.74, 6) is -0.559. The summed E-state index contributed by atoms with van der Waals surface area (Å²) in [5.41, 5.74) is 9.41. The van der Waals surface area contributed by atoms with Gasteiger partial charge in [0.2, 0.25) is 5.91 Å². The predicted molar refractivity (Wildman–Crippen MR) is 114 cm³/mol. The van der Waals surface area contributed by atoms with Crippen LogP contribution in [0.15, 0.2) is 30.5 Å². The van der Waals surface area contributed by atoms with Crippen LogP contribution >= 0.6 is 0 Å². The first-order chi connectivity index (χ1) is 14.9. The van der Waals surface area contributed by atoms with Gasteiger partial charge < -0.3 is 21.5 Å². The number of carbonyl (C=O) groups excluding carboxylic acids is 2. The molecule has 5 rings (SSSR count). The van der Waals surface area contributed by atoms with Crippen molar-refractivity contribution in [1.29, 1.82) is 5.26 Å². The van der Waals surface area contributed by atoms with Crippen LogP contribution in [0.25, 0.3) is 22.0 Å². The van der Waals surface area contributed by atoms with Gasteiger partial charge >= 0.3 is 0 Å². The van der Waals surface area contributed by atoms with Gasteiger partial charge in [0.1, 0.15) is 11.6 Å². The molecule has 31 heavy (non-hydrogen) atoms. The number of hydrogen-bond acceptors (Lipinski definition) is 7. The van der Waals surface area contributed by atoms with Crippen LogP contribution in [0.2, 0.25) is 0 Å². The number of carbonyl (C=O) groups is 2. The molecule has 1 aromatic carbocycles. The first-order valence-electron chi connectivity index (χ1n) is 9.76. The summed E-state index contributed by atoms with van der Waals surface area (Å²) >= 11 is 0. The molecule has 1 unspecified atom stereocenters. The number of hydrogen-bond donors (Lipinski definition) is 4. The largest absolute Gasteiger partial charge is 0.383 e. The molecule has 2 aromatic heterocycles. The van der Waals surface area contributed by atoms with E-state index in [0.29, 0.717) is 34.6 Å². The van der Waals surface area contributed by atoms with Crippen molar-refractivity contribution in [2.75, 3.05) is 16.4 Å². The van der Waals surface area contributed by atoms with Gasteiger partial charge in [-0.25, -0.2) is 9.97 Å². The molecule has 1 saturated carbocycles. The van der Waals surface area contributed by atoms with Crippen molar-refractivity contribution in [2.45, 2.75) is 19.4 Å². The van der Waals surface area contributed by atoms with Gasteiger partial charge in [-0.1, -0.05) is 0 Å². The molecule has 5 N–H and O–H groups in total. The number of benzene rings is 1. The summed E-state index contributed by atoms with van der Waals surface area (Å²) in [4.78, 5) is 32.7. The van der Waals surface area contributed by atoms with Crippen LogP contribution in [-0.2, 0) is 9.59 Å². The van der Waals surface area contributed by atoms with E-state index in [1.165, 1.54) is 0 Å². The first-order valence-corrected chi connectivity index (χ1v) is 9.76. The van der Waals surface area contributed by atoms with Gasteiger partial charge in [-0.2, -0.15) is 5.26 Å². The Labute approximate surface area is 176 Å². The minimum Gasteiger partial charge on any atom is -0.383 e. The molecule has 3 aromatic rings. The highest BCUT2D eigenvalue weighted by Crippen LogP contribution is 2.39. The van der Waals surface area contributed by atoms with E-state index in [1.807, 2.05) is 13.0 Å². The second kappa shape index (κ2) is 6.75. The number of aryl methyl sites for hydroxylation is 1. The average Bonchev–Trinajstić information content (AvgIpc) is 3.48. The second-order valence-electron chi connectivity index (χ2n) is 7.90. The Morgan fingerprint density at radius 3 is 2.90 bits per heavy atom. The van der Waals surface area contributed by atoms with Gasteiger partial charge in [0, 0.05) is 28.4 Å². The van der Waals surface area contributed by atoms with Gasteiger partial charge in [0.05, 0.1) is 23.6 Å². The molecule has 1 aliphatic heterocycles. The smallest absolute Gasteiger partial charge is 0.257 e. The van der Waals surface area contributed by atoms with Crippen LogP contribution in [0.1, 0.15) is 23.7 Å². The summed E-state index contributed by atoms with van der Waals surface area (Å²) in [7, 11) is 0. The van der Waals surface area contributed by atoms with Crippen LogP contribution in [-0.4, -0.2) is 26.9 Å². The topological polar surface area (TPSA) is 154 Å². The summed E-state index contributed by atoms with van der Waals surface area (Å²) in [6.45, 7) is 1.88. The minimum absolute atomic E-state index is 0.221. The summed E-state index contributed by atoms with van der Waals surface area (Å²) in [6.07, 6.45) is 0.892. The monoisotopic (exact) mass is 414 g/mol. The number of nitrogens with two attached hydrogens (primary N) is 1. The van der Waals surface area contributed by atoms with Crippen molar-refractivity contribution in [3.05, 3.63) is 41.6 Å². The fourth-order valence-electron chi connectivity index (χ4n) is 3.90. The number of nitrogens with zero attached hydrogens (tertiary/aromatic N) is 3. The Balaban J connectivity index is 1.53. The molecule has 3 atom stereocenters. The number of anilines is 3. The number of pyridine rings is 2. The molecule has 9 nitrogen and oxygen atoms in total. The van der Waals surface area contributed by atoms with Crippen LogP contribution in [0.4, 0.5) is 17.3 Å². The molecule has 0 radical (unpaired) electrons. The van der Waals surface area contributed by atoms with E-state index in [0.717, 1.165) is 16.5 Å². The Morgan fingerprint density at radius 1 is 1.35 bits per heavy atom. The van der Waals surface area contributed by atoms with Crippen LogP contribution in [0, 0.1) is 30.1 Å². The molecule has 2 aliphatic rings. The molecule has 154 valence electrons. The zero-order chi connectivity index (χ0) is 21.9. The van der Waals surface area contributed by atoms with Crippen molar-refractivity contribution in [2.24, 2.45) is 11.8 Å². The van der Waals surface area contributed by atoms with E-state index in [1.54, 1.807) is 24.4 Å². The number of nitriles is 1. The zero-order valence-electron chi connectivity index (χ0n) is 16.5. The molecule has 2 amide bonds. The van der Waals surface area contributed by atoms with E-state index in [4.69, 9.17) is 11.0 Å². The highest BCUT2D eigenvalue weighted by Gasteiger charge is 2.43. The number of aromatic nitrogens is 2. The van der Waals surface area contributed by atoms with Crippen molar-refractivity contribution >= 4 is 39.9 Å². The molecule has 0 bridgehead atoms. The maximum Gasteiger partial charge on any atom is 0.257 e. The fraction of sp³-hybridized carbons (Fsp3) is 0.227. The Morgan fingerprint density at radius 2 is 2.16 bits per heavy atom. The number of aliphatic hydroxyl groups is 1. The Hall–Kier alpha value is -4.03. The van der Waals surface area contributed by atoms with Gasteiger partial charge in [-0.15, -0.1) is 0 Å². The van der Waals surface area contributed by atoms with Crippen molar-refractivity contribution in [3.8, 4) is 17.3 Å². The highest BCUT2D eigenvalue weighted by molar-refractivity contribution is 6.03. The number of amides is 2. The molecule has 0 saturated heterocycles.